The first-order chi connectivity index (χ1) is 13.9. The number of hydrogen-bond acceptors (Lipinski definition) is 5. The van der Waals surface area contributed by atoms with Gasteiger partial charge in [-0.1, -0.05) is 23.2 Å². The van der Waals surface area contributed by atoms with E-state index in [0.29, 0.717) is 38.6 Å². The molecule has 1 amide bonds. The second kappa shape index (κ2) is 9.11. The lowest BCUT2D eigenvalue weighted by atomic mass is 10.0. The predicted octanol–water partition coefficient (Wildman–Crippen LogP) is 4.40. The van der Waals surface area contributed by atoms with E-state index in [9.17, 15) is 9.59 Å². The average Bonchev–Trinajstić information content (AvgIpc) is 2.71. The number of nitrogens with zero attached hydrogens (tertiary/aromatic N) is 2. The van der Waals surface area contributed by atoms with Crippen LogP contribution in [0.25, 0.3) is 10.8 Å². The maximum absolute atomic E-state index is 12.6. The van der Waals surface area contributed by atoms with Crippen molar-refractivity contribution in [3.8, 4) is 0 Å². The molecule has 1 N–H and O–H groups in total. The lowest BCUT2D eigenvalue weighted by Gasteiger charge is -2.19. The number of hydrogen-bond donors (Lipinski definition) is 1. The van der Waals surface area contributed by atoms with Gasteiger partial charge in [0.15, 0.2) is 0 Å². The van der Waals surface area contributed by atoms with Crippen molar-refractivity contribution >= 4 is 51.5 Å². The minimum atomic E-state index is -0.493. The highest BCUT2D eigenvalue weighted by Gasteiger charge is 2.15. The Morgan fingerprint density at radius 3 is 2.55 bits per heavy atom. The van der Waals surface area contributed by atoms with Crippen molar-refractivity contribution in [3.63, 3.8) is 0 Å². The number of methoxy groups -OCH3 is 1. The molecule has 0 aliphatic heterocycles. The molecule has 0 saturated heterocycles. The first kappa shape index (κ1) is 20.9. The summed E-state index contributed by atoms with van der Waals surface area (Å²) < 4.78 is 4.82. The number of amides is 1. The Morgan fingerprint density at radius 2 is 1.86 bits per heavy atom. The number of nitrogens with one attached hydrogen (secondary N) is 1. The van der Waals surface area contributed by atoms with Gasteiger partial charge in [-0.3, -0.25) is 9.78 Å². The molecule has 6 nitrogen and oxygen atoms in total. The number of esters is 1. The van der Waals surface area contributed by atoms with Crippen LogP contribution in [0.2, 0.25) is 10.0 Å². The SMILES string of the molecule is COC(=O)c1cc(NCC(=O)N(C)Cc2ccncc2)c2c(Cl)cc(Cl)cc2c1. The molecular weight excluding hydrogens is 413 g/mol. The van der Waals surface area contributed by atoms with Crippen molar-refractivity contribution in [2.75, 3.05) is 26.0 Å². The van der Waals surface area contributed by atoms with Crippen LogP contribution in [0.1, 0.15) is 15.9 Å². The van der Waals surface area contributed by atoms with E-state index in [4.69, 9.17) is 27.9 Å². The fourth-order valence-corrected chi connectivity index (χ4v) is 3.57. The molecule has 150 valence electrons. The summed E-state index contributed by atoms with van der Waals surface area (Å²) >= 11 is 12.5. The molecule has 0 radical (unpaired) electrons. The molecule has 29 heavy (non-hydrogen) atoms. The highest BCUT2D eigenvalue weighted by atomic mass is 35.5. The Labute approximate surface area is 178 Å². The monoisotopic (exact) mass is 431 g/mol. The molecule has 0 atom stereocenters. The number of anilines is 1. The molecule has 0 aliphatic carbocycles. The van der Waals surface area contributed by atoms with E-state index in [0.717, 1.165) is 5.56 Å². The minimum Gasteiger partial charge on any atom is -0.465 e. The lowest BCUT2D eigenvalue weighted by molar-refractivity contribution is -0.128. The average molecular weight is 432 g/mol. The van der Waals surface area contributed by atoms with Gasteiger partial charge in [0.1, 0.15) is 0 Å². The zero-order valence-electron chi connectivity index (χ0n) is 15.9. The molecule has 3 aromatic rings. The van der Waals surface area contributed by atoms with Crippen LogP contribution in [0.15, 0.2) is 48.8 Å². The molecular formula is C21H19Cl2N3O3. The number of carbonyl (C=O) groups is 2. The summed E-state index contributed by atoms with van der Waals surface area (Å²) in [5.74, 6) is -0.615. The summed E-state index contributed by atoms with van der Waals surface area (Å²) in [6.07, 6.45) is 3.37. The van der Waals surface area contributed by atoms with Gasteiger partial charge in [0.05, 0.1) is 24.2 Å². The third kappa shape index (κ3) is 4.96. The van der Waals surface area contributed by atoms with Crippen LogP contribution in [-0.2, 0) is 16.1 Å². The van der Waals surface area contributed by atoms with Crippen LogP contribution >= 0.6 is 23.2 Å². The van der Waals surface area contributed by atoms with Gasteiger partial charge in [0.2, 0.25) is 5.91 Å². The van der Waals surface area contributed by atoms with Crippen LogP contribution in [0, 0.1) is 0 Å². The molecule has 0 fully saturated rings. The topological polar surface area (TPSA) is 71.5 Å². The van der Waals surface area contributed by atoms with Gasteiger partial charge in [0.25, 0.3) is 0 Å². The van der Waals surface area contributed by atoms with E-state index >= 15 is 0 Å². The molecule has 0 unspecified atom stereocenters. The highest BCUT2D eigenvalue weighted by molar-refractivity contribution is 6.39. The normalized spacial score (nSPS) is 10.6. The maximum Gasteiger partial charge on any atom is 0.337 e. The molecule has 2 aromatic carbocycles. The van der Waals surface area contributed by atoms with E-state index < -0.39 is 5.97 Å². The zero-order valence-corrected chi connectivity index (χ0v) is 17.4. The summed E-state index contributed by atoms with van der Waals surface area (Å²) in [6, 6.07) is 10.3. The fraction of sp³-hybridized carbons (Fsp3) is 0.190. The van der Waals surface area contributed by atoms with E-state index in [1.54, 1.807) is 48.6 Å². The zero-order chi connectivity index (χ0) is 21.0. The molecule has 1 heterocycles. The summed E-state index contributed by atoms with van der Waals surface area (Å²) in [5, 5.41) is 5.31. The molecule has 1 aromatic heterocycles. The van der Waals surface area contributed by atoms with Gasteiger partial charge in [-0.2, -0.15) is 0 Å². The number of fused-ring (bicyclic) bond motifs is 1. The van der Waals surface area contributed by atoms with Crippen LogP contribution < -0.4 is 5.32 Å². The smallest absolute Gasteiger partial charge is 0.337 e. The van der Waals surface area contributed by atoms with Gasteiger partial charge >= 0.3 is 5.97 Å². The largest absolute Gasteiger partial charge is 0.465 e. The van der Waals surface area contributed by atoms with E-state index in [1.165, 1.54) is 7.11 Å². The van der Waals surface area contributed by atoms with E-state index in [-0.39, 0.29) is 12.5 Å². The Hall–Kier alpha value is -2.83. The minimum absolute atomic E-state index is 0.0280. The molecule has 8 heteroatoms. The Morgan fingerprint density at radius 1 is 1.14 bits per heavy atom. The molecule has 0 aliphatic rings. The number of ether oxygens (including phenoxy) is 1. The van der Waals surface area contributed by atoms with Crippen molar-refractivity contribution in [2.24, 2.45) is 0 Å². The Balaban J connectivity index is 1.84. The quantitative estimate of drug-likeness (QED) is 0.585. The second-order valence-electron chi connectivity index (χ2n) is 6.46. The van der Waals surface area contributed by atoms with Gasteiger partial charge in [-0.25, -0.2) is 4.79 Å². The van der Waals surface area contributed by atoms with Crippen molar-refractivity contribution in [1.82, 2.24) is 9.88 Å². The second-order valence-corrected chi connectivity index (χ2v) is 7.30. The number of aromatic nitrogens is 1. The number of pyridine rings is 1. The standard InChI is InChI=1S/C21H19Cl2N3O3/c1-26(12-13-3-5-24-6-4-13)19(27)11-25-18-9-15(21(28)29-2)7-14-8-16(22)10-17(23)20(14)18/h3-10,25H,11-12H2,1-2H3. The van der Waals surface area contributed by atoms with E-state index in [1.807, 2.05) is 12.1 Å². The predicted molar refractivity (Wildman–Crippen MR) is 115 cm³/mol. The van der Waals surface area contributed by atoms with Gasteiger partial charge in [-0.05, 0) is 47.3 Å². The first-order valence-corrected chi connectivity index (χ1v) is 9.52. The highest BCUT2D eigenvalue weighted by Crippen LogP contribution is 2.34. The van der Waals surface area contributed by atoms with Gasteiger partial charge in [0, 0.05) is 42.1 Å². The van der Waals surface area contributed by atoms with Crippen molar-refractivity contribution in [3.05, 3.63) is 70.0 Å². The number of likely N-dealkylation sites (N-methyl/N-ethyl adjacent to an activating group) is 1. The third-order valence-electron chi connectivity index (χ3n) is 4.41. The van der Waals surface area contributed by atoms with Crippen LogP contribution in [0.5, 0.6) is 0 Å². The van der Waals surface area contributed by atoms with Gasteiger partial charge in [-0.15, -0.1) is 0 Å². The number of carbonyl (C=O) groups excluding carboxylic acids is 2. The Bertz CT molecular complexity index is 1060. The maximum atomic E-state index is 12.6. The number of halogens is 2. The number of benzene rings is 2. The number of rotatable bonds is 6. The van der Waals surface area contributed by atoms with Crippen LogP contribution in [0.4, 0.5) is 5.69 Å². The molecule has 0 bridgehead atoms. The molecule has 3 rings (SSSR count). The lowest BCUT2D eigenvalue weighted by Crippen LogP contribution is -2.31. The summed E-state index contributed by atoms with van der Waals surface area (Å²) in [6.45, 7) is 0.489. The molecule has 0 spiro atoms. The van der Waals surface area contributed by atoms with Crippen molar-refractivity contribution in [2.45, 2.75) is 6.54 Å². The Kier molecular flexibility index (Phi) is 6.56. The molecule has 0 saturated carbocycles. The van der Waals surface area contributed by atoms with Crippen molar-refractivity contribution in [1.29, 1.82) is 0 Å². The summed E-state index contributed by atoms with van der Waals surface area (Å²) in [4.78, 5) is 30.2. The fourth-order valence-electron chi connectivity index (χ4n) is 2.96. The summed E-state index contributed by atoms with van der Waals surface area (Å²) in [5.41, 5.74) is 1.86. The van der Waals surface area contributed by atoms with Crippen LogP contribution in [0.3, 0.4) is 0 Å². The summed E-state index contributed by atoms with van der Waals surface area (Å²) in [7, 11) is 3.03. The van der Waals surface area contributed by atoms with Gasteiger partial charge < -0.3 is 15.0 Å². The van der Waals surface area contributed by atoms with Crippen LogP contribution in [-0.4, -0.2) is 42.5 Å². The first-order valence-electron chi connectivity index (χ1n) is 8.77. The van der Waals surface area contributed by atoms with E-state index in [2.05, 4.69) is 10.3 Å². The van der Waals surface area contributed by atoms with Crippen molar-refractivity contribution < 1.29 is 14.3 Å². The third-order valence-corrected chi connectivity index (χ3v) is 4.93.